The molecular formula is C30H22F3NO5S. The van der Waals surface area contributed by atoms with E-state index in [2.05, 4.69) is 0 Å². The largest absolute Gasteiger partial charge is 0.467 e. The first kappa shape index (κ1) is 27.0. The molecule has 0 fully saturated rings. The van der Waals surface area contributed by atoms with Gasteiger partial charge in [-0.2, -0.15) is 21.6 Å². The van der Waals surface area contributed by atoms with Gasteiger partial charge >= 0.3 is 16.3 Å². The van der Waals surface area contributed by atoms with Crippen molar-refractivity contribution in [3.05, 3.63) is 132 Å². The second-order valence-electron chi connectivity index (χ2n) is 9.01. The Morgan fingerprint density at radius 1 is 0.800 bits per heavy atom. The molecule has 6 nitrogen and oxygen atoms in total. The molecule has 0 bridgehead atoms. The normalized spacial score (nSPS) is 11.9. The van der Waals surface area contributed by atoms with Gasteiger partial charge in [-0.25, -0.2) is 0 Å². The van der Waals surface area contributed by atoms with Gasteiger partial charge in [-0.05, 0) is 70.9 Å². The third kappa shape index (κ3) is 6.18. The summed E-state index contributed by atoms with van der Waals surface area (Å²) in [6, 6.07) is 25.9. The lowest BCUT2D eigenvalue weighted by atomic mass is 10.1. The summed E-state index contributed by atoms with van der Waals surface area (Å²) in [6.07, 6.45) is -3.21. The van der Waals surface area contributed by atoms with Crippen LogP contribution in [0.15, 0.2) is 119 Å². The van der Waals surface area contributed by atoms with Crippen molar-refractivity contribution >= 4 is 26.8 Å². The van der Waals surface area contributed by atoms with E-state index < -0.39 is 26.8 Å². The average molecular weight is 566 g/mol. The molecule has 0 aliphatic heterocycles. The molecule has 10 heteroatoms. The monoisotopic (exact) mass is 565 g/mol. The van der Waals surface area contributed by atoms with Gasteiger partial charge in [0.25, 0.3) is 5.91 Å². The second-order valence-corrected chi connectivity index (χ2v) is 10.6. The summed E-state index contributed by atoms with van der Waals surface area (Å²) in [5.74, 6) is 0.171. The van der Waals surface area contributed by atoms with E-state index in [9.17, 15) is 26.4 Å². The van der Waals surface area contributed by atoms with Gasteiger partial charge in [0.05, 0.1) is 18.4 Å². The van der Waals surface area contributed by atoms with E-state index >= 15 is 0 Å². The van der Waals surface area contributed by atoms with Crippen molar-refractivity contribution in [2.75, 3.05) is 0 Å². The van der Waals surface area contributed by atoms with E-state index in [4.69, 9.17) is 8.60 Å². The van der Waals surface area contributed by atoms with E-state index in [1.54, 1.807) is 35.2 Å². The fraction of sp³-hybridized carbons (Fsp3) is 0.100. The van der Waals surface area contributed by atoms with Crippen LogP contribution in [0.25, 0.3) is 10.8 Å². The number of alkyl halides is 3. The Labute approximate surface area is 228 Å². The summed E-state index contributed by atoms with van der Waals surface area (Å²) in [5, 5.41) is 1.89. The lowest BCUT2D eigenvalue weighted by Crippen LogP contribution is -2.30. The number of furan rings is 1. The van der Waals surface area contributed by atoms with Crippen molar-refractivity contribution in [3.8, 4) is 5.75 Å². The zero-order valence-corrected chi connectivity index (χ0v) is 21.7. The molecule has 204 valence electrons. The van der Waals surface area contributed by atoms with Gasteiger partial charge in [-0.1, -0.05) is 48.5 Å². The molecule has 1 amide bonds. The van der Waals surface area contributed by atoms with Crippen LogP contribution in [0.4, 0.5) is 13.2 Å². The summed E-state index contributed by atoms with van der Waals surface area (Å²) < 4.78 is 75.4. The molecule has 1 heterocycles. The molecule has 0 spiro atoms. The van der Waals surface area contributed by atoms with Crippen molar-refractivity contribution in [1.29, 1.82) is 0 Å². The molecule has 1 aromatic heterocycles. The molecule has 4 aromatic carbocycles. The highest BCUT2D eigenvalue weighted by atomic mass is 32.2. The summed E-state index contributed by atoms with van der Waals surface area (Å²) in [6.45, 7) is 0.222. The molecule has 40 heavy (non-hydrogen) atoms. The highest BCUT2D eigenvalue weighted by molar-refractivity contribution is 7.87. The van der Waals surface area contributed by atoms with Gasteiger partial charge in [0.15, 0.2) is 0 Å². The van der Waals surface area contributed by atoms with Crippen molar-refractivity contribution in [2.45, 2.75) is 24.2 Å². The standard InChI is InChI=1S/C30H22F3NO5S/c31-30(32,33)25-9-4-12-28(18-25)40(36,37)39-26-10-3-6-21(16-26)19-34(20-27-11-5-15-38-27)29(35)24-14-13-22-7-1-2-8-23(22)17-24/h1-18H,19-20H2. The first-order chi connectivity index (χ1) is 19.1. The number of nitrogens with zero attached hydrogens (tertiary/aromatic N) is 1. The minimum Gasteiger partial charge on any atom is -0.467 e. The van der Waals surface area contributed by atoms with E-state index in [1.165, 1.54) is 24.5 Å². The van der Waals surface area contributed by atoms with E-state index in [-0.39, 0.29) is 24.7 Å². The second kappa shape index (κ2) is 10.9. The Morgan fingerprint density at radius 3 is 2.33 bits per heavy atom. The molecular weight excluding hydrogens is 543 g/mol. The Bertz CT molecular complexity index is 1770. The van der Waals surface area contributed by atoms with Crippen LogP contribution in [0.5, 0.6) is 5.75 Å². The molecule has 0 N–H and O–H groups in total. The lowest BCUT2D eigenvalue weighted by molar-refractivity contribution is -0.137. The highest BCUT2D eigenvalue weighted by Crippen LogP contribution is 2.31. The number of benzene rings is 4. The first-order valence-corrected chi connectivity index (χ1v) is 13.5. The first-order valence-electron chi connectivity index (χ1n) is 12.1. The predicted molar refractivity (Wildman–Crippen MR) is 142 cm³/mol. The van der Waals surface area contributed by atoms with Gasteiger partial charge in [0, 0.05) is 12.1 Å². The Morgan fingerprint density at radius 2 is 1.57 bits per heavy atom. The minimum atomic E-state index is -4.71. The zero-order valence-electron chi connectivity index (χ0n) is 20.8. The third-order valence-electron chi connectivity index (χ3n) is 6.14. The van der Waals surface area contributed by atoms with E-state index in [1.807, 2.05) is 30.3 Å². The van der Waals surface area contributed by atoms with Gasteiger partial charge in [0.2, 0.25) is 0 Å². The average Bonchev–Trinajstić information content (AvgIpc) is 3.45. The van der Waals surface area contributed by atoms with Crippen LogP contribution < -0.4 is 4.18 Å². The van der Waals surface area contributed by atoms with Crippen LogP contribution in [-0.4, -0.2) is 19.2 Å². The minimum absolute atomic E-state index is 0.0766. The molecule has 0 aliphatic rings. The summed E-state index contributed by atoms with van der Waals surface area (Å²) >= 11 is 0. The van der Waals surface area contributed by atoms with E-state index in [0.717, 1.165) is 29.0 Å². The number of rotatable bonds is 8. The SMILES string of the molecule is O=C(c1ccc2ccccc2c1)N(Cc1cccc(OS(=O)(=O)c2cccc(C(F)(F)F)c2)c1)Cc1ccco1. The Hall–Kier alpha value is -4.57. The number of halogens is 3. The van der Waals surface area contributed by atoms with Gasteiger partial charge in [-0.15, -0.1) is 0 Å². The quantitative estimate of drug-likeness (QED) is 0.188. The third-order valence-corrected chi connectivity index (χ3v) is 7.38. The van der Waals surface area contributed by atoms with Gasteiger partial charge < -0.3 is 13.5 Å². The fourth-order valence-electron chi connectivity index (χ4n) is 4.21. The number of hydrogen-bond donors (Lipinski definition) is 0. The molecule has 5 aromatic rings. The van der Waals surface area contributed by atoms with Crippen LogP contribution in [0.1, 0.15) is 27.2 Å². The number of fused-ring (bicyclic) bond motifs is 1. The number of carbonyl (C=O) groups excluding carboxylic acids is 1. The molecule has 0 atom stereocenters. The van der Waals surface area contributed by atoms with Crippen LogP contribution >= 0.6 is 0 Å². The van der Waals surface area contributed by atoms with Crippen molar-refractivity contribution in [2.24, 2.45) is 0 Å². The topological polar surface area (TPSA) is 76.8 Å². The van der Waals surface area contributed by atoms with Crippen molar-refractivity contribution in [1.82, 2.24) is 4.90 Å². The maximum absolute atomic E-state index is 13.6. The smallest absolute Gasteiger partial charge is 0.416 e. The number of hydrogen-bond acceptors (Lipinski definition) is 5. The Balaban J connectivity index is 1.40. The maximum atomic E-state index is 13.6. The number of carbonyl (C=O) groups is 1. The predicted octanol–water partition coefficient (Wildman–Crippen LogP) is 7.06. The lowest BCUT2D eigenvalue weighted by Gasteiger charge is -2.22. The summed E-state index contributed by atoms with van der Waals surface area (Å²) in [4.78, 5) is 14.5. The van der Waals surface area contributed by atoms with Crippen LogP contribution in [-0.2, 0) is 29.4 Å². The van der Waals surface area contributed by atoms with Crippen LogP contribution in [0, 0.1) is 0 Å². The van der Waals surface area contributed by atoms with Gasteiger partial charge in [-0.3, -0.25) is 4.79 Å². The highest BCUT2D eigenvalue weighted by Gasteiger charge is 2.32. The number of amides is 1. The molecule has 0 unspecified atom stereocenters. The van der Waals surface area contributed by atoms with Crippen molar-refractivity contribution < 1.29 is 35.0 Å². The van der Waals surface area contributed by atoms with E-state index in [0.29, 0.717) is 23.0 Å². The fourth-order valence-corrected chi connectivity index (χ4v) is 5.18. The zero-order chi connectivity index (χ0) is 28.3. The molecule has 0 radical (unpaired) electrons. The summed E-state index contributed by atoms with van der Waals surface area (Å²) in [5.41, 5.74) is -0.103. The Kier molecular flexibility index (Phi) is 7.36. The molecule has 5 rings (SSSR count). The maximum Gasteiger partial charge on any atom is 0.416 e. The van der Waals surface area contributed by atoms with Crippen molar-refractivity contribution in [3.63, 3.8) is 0 Å². The summed E-state index contributed by atoms with van der Waals surface area (Å²) in [7, 11) is -4.56. The molecule has 0 saturated carbocycles. The molecule has 0 saturated heterocycles. The molecule has 0 aliphatic carbocycles. The van der Waals surface area contributed by atoms with Crippen LogP contribution in [0.3, 0.4) is 0 Å². The van der Waals surface area contributed by atoms with Crippen LogP contribution in [0.2, 0.25) is 0 Å². The van der Waals surface area contributed by atoms with Gasteiger partial charge in [0.1, 0.15) is 16.4 Å².